The van der Waals surface area contributed by atoms with Crippen molar-refractivity contribution in [1.29, 1.82) is 0 Å². The molecule has 0 bridgehead atoms. The van der Waals surface area contributed by atoms with Crippen LogP contribution in [0.1, 0.15) is 18.9 Å². The maximum absolute atomic E-state index is 13.9. The minimum Gasteiger partial charge on any atom is -0.313 e. The number of thiophene rings is 1. The summed E-state index contributed by atoms with van der Waals surface area (Å²) in [4.78, 5) is 0.948. The summed E-state index contributed by atoms with van der Waals surface area (Å²) < 4.78 is 25.1. The molecule has 0 saturated carbocycles. The molecule has 5 heteroatoms. The van der Waals surface area contributed by atoms with Crippen molar-refractivity contribution >= 4 is 22.1 Å². The lowest BCUT2D eigenvalue weighted by Gasteiger charge is -2.10. The highest BCUT2D eigenvalue weighted by Gasteiger charge is 2.08. The van der Waals surface area contributed by atoms with Crippen molar-refractivity contribution in [3.63, 3.8) is 0 Å². The highest BCUT2D eigenvalue weighted by atomic mass is 32.2. The second-order valence-electron chi connectivity index (χ2n) is 5.07. The first kappa shape index (κ1) is 16.3. The van der Waals surface area contributed by atoms with E-state index in [9.17, 15) is 8.60 Å². The Hall–Kier alpha value is -1.04. The van der Waals surface area contributed by atoms with Crippen LogP contribution in [0.5, 0.6) is 0 Å². The van der Waals surface area contributed by atoms with Gasteiger partial charge in [0.05, 0.1) is 0 Å². The van der Waals surface area contributed by atoms with Crippen LogP contribution in [0.15, 0.2) is 35.7 Å². The second kappa shape index (κ2) is 7.82. The fraction of sp³-hybridized carbons (Fsp3) is 0.375. The lowest BCUT2D eigenvalue weighted by molar-refractivity contribution is 0.621. The largest absolute Gasteiger partial charge is 0.313 e. The quantitative estimate of drug-likeness (QED) is 0.785. The van der Waals surface area contributed by atoms with E-state index in [1.807, 2.05) is 30.5 Å². The molecule has 1 aromatic carbocycles. The number of nitrogens with one attached hydrogen (secondary N) is 1. The molecule has 0 aliphatic heterocycles. The summed E-state index contributed by atoms with van der Waals surface area (Å²) in [5.41, 5.74) is 1.72. The van der Waals surface area contributed by atoms with Gasteiger partial charge in [-0.1, -0.05) is 19.1 Å². The molecular weight excluding hydrogens is 305 g/mol. The molecule has 0 fully saturated rings. The smallest absolute Gasteiger partial charge is 0.131 e. The average Bonchev–Trinajstić information content (AvgIpc) is 2.98. The van der Waals surface area contributed by atoms with Crippen LogP contribution in [0.2, 0.25) is 0 Å². The molecular formula is C16H20FNOS2. The number of benzene rings is 1. The third-order valence-corrected chi connectivity index (χ3v) is 5.71. The molecule has 2 aromatic rings. The standard InChI is InChI=1S/C16H20FNOS2/c1-12(21(2)19)7-8-18-11-13-5-6-15(17)14(10-13)16-4-3-9-20-16/h3-6,9-10,12,18H,7-8,11H2,1-2H3. The molecule has 21 heavy (non-hydrogen) atoms. The van der Waals surface area contributed by atoms with Gasteiger partial charge >= 0.3 is 0 Å². The summed E-state index contributed by atoms with van der Waals surface area (Å²) in [5, 5.41) is 5.48. The minimum atomic E-state index is -0.774. The molecule has 114 valence electrons. The average molecular weight is 325 g/mol. The van der Waals surface area contributed by atoms with Crippen LogP contribution >= 0.6 is 11.3 Å². The van der Waals surface area contributed by atoms with Crippen LogP contribution in [0.4, 0.5) is 4.39 Å². The molecule has 0 aliphatic rings. The molecule has 0 amide bonds. The zero-order chi connectivity index (χ0) is 15.2. The SMILES string of the molecule is CC(CCNCc1ccc(F)c(-c2cccs2)c1)S(C)=O. The maximum Gasteiger partial charge on any atom is 0.131 e. The van der Waals surface area contributed by atoms with Gasteiger partial charge in [-0.2, -0.15) is 0 Å². The molecule has 0 aliphatic carbocycles. The Morgan fingerprint density at radius 1 is 1.38 bits per heavy atom. The van der Waals surface area contributed by atoms with E-state index in [4.69, 9.17) is 0 Å². The van der Waals surface area contributed by atoms with E-state index >= 15 is 0 Å². The fourth-order valence-corrected chi connectivity index (χ4v) is 3.20. The lowest BCUT2D eigenvalue weighted by atomic mass is 10.1. The summed E-state index contributed by atoms with van der Waals surface area (Å²) in [7, 11) is -0.774. The van der Waals surface area contributed by atoms with E-state index in [2.05, 4.69) is 5.32 Å². The molecule has 2 nitrogen and oxygen atoms in total. The minimum absolute atomic E-state index is 0.184. The van der Waals surface area contributed by atoms with Crippen molar-refractivity contribution in [2.24, 2.45) is 0 Å². The van der Waals surface area contributed by atoms with Gasteiger partial charge in [-0.3, -0.25) is 4.21 Å². The van der Waals surface area contributed by atoms with Gasteiger partial charge in [0.1, 0.15) is 5.82 Å². The van der Waals surface area contributed by atoms with Crippen molar-refractivity contribution in [1.82, 2.24) is 5.32 Å². The summed E-state index contributed by atoms with van der Waals surface area (Å²) in [5.74, 6) is -0.184. The third-order valence-electron chi connectivity index (χ3n) is 3.44. The maximum atomic E-state index is 13.9. The van der Waals surface area contributed by atoms with Crippen LogP contribution in [-0.2, 0) is 17.3 Å². The van der Waals surface area contributed by atoms with Gasteiger partial charge in [-0.25, -0.2) is 4.39 Å². The second-order valence-corrected chi connectivity index (χ2v) is 7.82. The number of hydrogen-bond donors (Lipinski definition) is 1. The van der Waals surface area contributed by atoms with Crippen LogP contribution < -0.4 is 5.32 Å². The molecule has 2 atom stereocenters. The van der Waals surface area contributed by atoms with Crippen LogP contribution in [0, 0.1) is 5.82 Å². The lowest BCUT2D eigenvalue weighted by Crippen LogP contribution is -2.21. The first-order valence-electron chi connectivity index (χ1n) is 6.93. The third kappa shape index (κ3) is 4.73. The van der Waals surface area contributed by atoms with Gasteiger partial charge < -0.3 is 5.32 Å². The molecule has 0 saturated heterocycles. The molecule has 2 rings (SSSR count). The Labute approximate surface area is 131 Å². The van der Waals surface area contributed by atoms with Gasteiger partial charge in [-0.05, 0) is 42.1 Å². The summed E-state index contributed by atoms with van der Waals surface area (Å²) in [6.45, 7) is 3.50. The van der Waals surface area contributed by atoms with E-state index in [1.54, 1.807) is 23.7 Å². The monoisotopic (exact) mass is 325 g/mol. The summed E-state index contributed by atoms with van der Waals surface area (Å²) in [6.07, 6.45) is 2.61. The van der Waals surface area contributed by atoms with E-state index in [1.165, 1.54) is 6.07 Å². The number of hydrogen-bond acceptors (Lipinski definition) is 3. The van der Waals surface area contributed by atoms with Crippen LogP contribution in [-0.4, -0.2) is 22.3 Å². The molecule has 1 N–H and O–H groups in total. The van der Waals surface area contributed by atoms with E-state index in [0.717, 1.165) is 23.4 Å². The van der Waals surface area contributed by atoms with Crippen molar-refractivity contribution in [3.8, 4) is 10.4 Å². The van der Waals surface area contributed by atoms with Gasteiger partial charge in [-0.15, -0.1) is 11.3 Å². The van der Waals surface area contributed by atoms with Crippen molar-refractivity contribution in [2.45, 2.75) is 25.1 Å². The van der Waals surface area contributed by atoms with E-state index in [-0.39, 0.29) is 11.1 Å². The van der Waals surface area contributed by atoms with Gasteiger partial charge in [0.15, 0.2) is 0 Å². The Balaban J connectivity index is 1.93. The Kier molecular flexibility index (Phi) is 6.08. The fourth-order valence-electron chi connectivity index (χ4n) is 2.01. The van der Waals surface area contributed by atoms with Gasteiger partial charge in [0.25, 0.3) is 0 Å². The van der Waals surface area contributed by atoms with Crippen molar-refractivity contribution in [3.05, 3.63) is 47.1 Å². The van der Waals surface area contributed by atoms with Gasteiger partial charge in [0, 0.05) is 39.3 Å². The highest BCUT2D eigenvalue weighted by Crippen LogP contribution is 2.28. The molecule has 1 heterocycles. The summed E-state index contributed by atoms with van der Waals surface area (Å²) in [6, 6.07) is 9.08. The number of halogens is 1. The number of rotatable bonds is 7. The topological polar surface area (TPSA) is 29.1 Å². The summed E-state index contributed by atoms with van der Waals surface area (Å²) >= 11 is 1.54. The normalized spacial score (nSPS) is 14.0. The predicted molar refractivity (Wildman–Crippen MR) is 89.6 cm³/mol. The van der Waals surface area contributed by atoms with Crippen molar-refractivity contribution in [2.75, 3.05) is 12.8 Å². The van der Waals surface area contributed by atoms with Gasteiger partial charge in [0.2, 0.25) is 0 Å². The first-order chi connectivity index (χ1) is 10.1. The Bertz CT molecular complexity index is 598. The predicted octanol–water partition coefficient (Wildman–Crippen LogP) is 3.80. The Morgan fingerprint density at radius 3 is 2.86 bits per heavy atom. The van der Waals surface area contributed by atoms with Crippen molar-refractivity contribution < 1.29 is 8.60 Å². The first-order valence-corrected chi connectivity index (χ1v) is 9.43. The van der Waals surface area contributed by atoms with E-state index in [0.29, 0.717) is 12.1 Å². The van der Waals surface area contributed by atoms with Crippen LogP contribution in [0.25, 0.3) is 10.4 Å². The van der Waals surface area contributed by atoms with Crippen LogP contribution in [0.3, 0.4) is 0 Å². The molecule has 1 aromatic heterocycles. The Morgan fingerprint density at radius 2 is 2.19 bits per heavy atom. The molecule has 0 spiro atoms. The van der Waals surface area contributed by atoms with E-state index < -0.39 is 10.8 Å². The zero-order valence-corrected chi connectivity index (χ0v) is 13.9. The molecule has 2 unspecified atom stereocenters. The highest BCUT2D eigenvalue weighted by molar-refractivity contribution is 7.84. The molecule has 0 radical (unpaired) electrons. The zero-order valence-electron chi connectivity index (χ0n) is 12.3.